The Morgan fingerprint density at radius 3 is 2.37 bits per heavy atom. The van der Waals surface area contributed by atoms with Crippen LogP contribution in [0.15, 0.2) is 47.4 Å². The molecule has 0 atom stereocenters. The number of halogens is 1. The molecule has 11 nitrogen and oxygen atoms in total. The molecule has 0 fully saturated rings. The van der Waals surface area contributed by atoms with Gasteiger partial charge in [0.05, 0.1) is 10.5 Å². The van der Waals surface area contributed by atoms with E-state index in [1.54, 1.807) is 6.92 Å². The number of amides is 1. The van der Waals surface area contributed by atoms with Gasteiger partial charge in [-0.1, -0.05) is 13.8 Å². The third-order valence-electron chi connectivity index (χ3n) is 5.34. The van der Waals surface area contributed by atoms with E-state index in [2.05, 4.69) is 15.1 Å². The molecule has 204 valence electrons. The molecule has 3 aromatic rings. The van der Waals surface area contributed by atoms with Gasteiger partial charge in [-0.3, -0.25) is 14.9 Å². The van der Waals surface area contributed by atoms with Crippen LogP contribution < -0.4 is 14.8 Å². The van der Waals surface area contributed by atoms with Crippen LogP contribution in [0.25, 0.3) is 0 Å². The summed E-state index contributed by atoms with van der Waals surface area (Å²) in [4.78, 5) is 23.3. The molecule has 3 rings (SSSR count). The number of benzene rings is 2. The van der Waals surface area contributed by atoms with Crippen LogP contribution in [0, 0.1) is 28.8 Å². The normalized spacial score (nSPS) is 12.0. The van der Waals surface area contributed by atoms with E-state index < -0.39 is 42.8 Å². The average molecular weight is 548 g/mol. The van der Waals surface area contributed by atoms with Gasteiger partial charge in [0.15, 0.2) is 5.69 Å². The number of nitro benzene ring substituents is 1. The molecule has 0 saturated carbocycles. The lowest BCUT2D eigenvalue weighted by molar-refractivity contribution is -0.385. The van der Waals surface area contributed by atoms with Crippen molar-refractivity contribution in [2.75, 3.05) is 11.9 Å². The van der Waals surface area contributed by atoms with Crippen molar-refractivity contribution < 1.29 is 27.3 Å². The standard InChI is InChI=1S/C25H30FN5O6S/c1-15(2)14-27-38(35,36)21-13-19(31(33)34)11-12-20(21)37-24-16(3)22(29-30(24)25(4,5)6)23(32)28-18-9-7-17(26)8-10-18/h7-13,15,27H,14H2,1-6H3,(H,28,32). The topological polar surface area (TPSA) is 145 Å². The number of non-ortho nitro benzene ring substituents is 1. The minimum absolute atomic E-state index is 0.00324. The van der Waals surface area contributed by atoms with Crippen LogP contribution in [0.1, 0.15) is 50.7 Å². The number of carbonyl (C=O) groups excluding carboxylic acids is 1. The van der Waals surface area contributed by atoms with E-state index in [-0.39, 0.29) is 29.8 Å². The number of rotatable bonds is 9. The van der Waals surface area contributed by atoms with Crippen LogP contribution in [0.5, 0.6) is 11.6 Å². The molecule has 1 aromatic heterocycles. The molecule has 2 N–H and O–H groups in total. The molecule has 0 bridgehead atoms. The monoisotopic (exact) mass is 547 g/mol. The second kappa shape index (κ2) is 10.9. The zero-order valence-electron chi connectivity index (χ0n) is 21.9. The molecule has 2 aromatic carbocycles. The van der Waals surface area contributed by atoms with Crippen molar-refractivity contribution in [1.82, 2.24) is 14.5 Å². The first-order valence-electron chi connectivity index (χ1n) is 11.7. The minimum atomic E-state index is -4.20. The molecule has 1 amide bonds. The van der Waals surface area contributed by atoms with Crippen molar-refractivity contribution in [2.45, 2.75) is 52.0 Å². The molecule has 0 radical (unpaired) electrons. The van der Waals surface area contributed by atoms with Gasteiger partial charge >= 0.3 is 0 Å². The fourth-order valence-electron chi connectivity index (χ4n) is 3.36. The maximum absolute atomic E-state index is 13.2. The molecule has 0 aliphatic carbocycles. The second-order valence-electron chi connectivity index (χ2n) is 10.1. The Morgan fingerprint density at radius 1 is 1.18 bits per heavy atom. The van der Waals surface area contributed by atoms with E-state index >= 15 is 0 Å². The van der Waals surface area contributed by atoms with Crippen molar-refractivity contribution in [3.05, 3.63) is 69.7 Å². The third-order valence-corrected chi connectivity index (χ3v) is 6.78. The largest absolute Gasteiger partial charge is 0.438 e. The number of ether oxygens (including phenoxy) is 1. The van der Waals surface area contributed by atoms with Gasteiger partial charge in [0.1, 0.15) is 16.5 Å². The summed E-state index contributed by atoms with van der Waals surface area (Å²) < 4.78 is 49.4. The van der Waals surface area contributed by atoms with Gasteiger partial charge < -0.3 is 10.1 Å². The number of nitrogens with zero attached hydrogens (tertiary/aromatic N) is 3. The Hall–Kier alpha value is -3.84. The summed E-state index contributed by atoms with van der Waals surface area (Å²) in [6.45, 7) is 10.8. The highest BCUT2D eigenvalue weighted by atomic mass is 32.2. The van der Waals surface area contributed by atoms with Crippen LogP contribution in [-0.2, 0) is 15.6 Å². The van der Waals surface area contributed by atoms with Gasteiger partial charge in [-0.2, -0.15) is 5.10 Å². The summed E-state index contributed by atoms with van der Waals surface area (Å²) in [5.41, 5.74) is -0.476. The fourth-order valence-corrected chi connectivity index (χ4v) is 4.72. The quantitative estimate of drug-likeness (QED) is 0.284. The number of anilines is 1. The summed E-state index contributed by atoms with van der Waals surface area (Å²) >= 11 is 0. The van der Waals surface area contributed by atoms with Gasteiger partial charge in [0.2, 0.25) is 15.9 Å². The molecular weight excluding hydrogens is 517 g/mol. The molecule has 38 heavy (non-hydrogen) atoms. The zero-order chi connectivity index (χ0) is 28.4. The van der Waals surface area contributed by atoms with Crippen molar-refractivity contribution in [2.24, 2.45) is 5.92 Å². The summed E-state index contributed by atoms with van der Waals surface area (Å²) in [5, 5.41) is 18.4. The predicted molar refractivity (Wildman–Crippen MR) is 140 cm³/mol. The average Bonchev–Trinajstić information content (AvgIpc) is 3.16. The number of nitro groups is 1. The molecule has 0 saturated heterocycles. The SMILES string of the molecule is Cc1c(C(=O)Nc2ccc(F)cc2)nn(C(C)(C)C)c1Oc1ccc([N+](=O)[O-])cc1S(=O)(=O)NCC(C)C. The van der Waals surface area contributed by atoms with Crippen molar-refractivity contribution in [1.29, 1.82) is 0 Å². The number of hydrogen-bond acceptors (Lipinski definition) is 7. The Kier molecular flexibility index (Phi) is 8.22. The molecule has 13 heteroatoms. The molecule has 0 spiro atoms. The molecular formula is C25H30FN5O6S. The van der Waals surface area contributed by atoms with E-state index in [9.17, 15) is 27.7 Å². The van der Waals surface area contributed by atoms with E-state index in [1.165, 1.54) is 35.0 Å². The molecule has 1 heterocycles. The third kappa shape index (κ3) is 6.53. The molecule has 0 aliphatic heterocycles. The van der Waals surface area contributed by atoms with E-state index in [4.69, 9.17) is 4.74 Å². The van der Waals surface area contributed by atoms with Crippen molar-refractivity contribution >= 4 is 27.3 Å². The van der Waals surface area contributed by atoms with Gasteiger partial charge in [-0.25, -0.2) is 22.2 Å². The lowest BCUT2D eigenvalue weighted by atomic mass is 10.1. The van der Waals surface area contributed by atoms with Crippen LogP contribution in [0.4, 0.5) is 15.8 Å². The summed E-state index contributed by atoms with van der Waals surface area (Å²) in [6, 6.07) is 8.46. The second-order valence-corrected chi connectivity index (χ2v) is 11.8. The highest BCUT2D eigenvalue weighted by Crippen LogP contribution is 2.36. The summed E-state index contributed by atoms with van der Waals surface area (Å²) in [7, 11) is -4.20. The number of aromatic nitrogens is 2. The van der Waals surface area contributed by atoms with Crippen LogP contribution in [0.3, 0.4) is 0 Å². The zero-order valence-corrected chi connectivity index (χ0v) is 22.7. The first-order chi connectivity index (χ1) is 17.6. The highest BCUT2D eigenvalue weighted by molar-refractivity contribution is 7.89. The van der Waals surface area contributed by atoms with Gasteiger partial charge in [-0.15, -0.1) is 0 Å². The fraction of sp³-hybridized carbons (Fsp3) is 0.360. The Morgan fingerprint density at radius 2 is 1.82 bits per heavy atom. The number of nitrogens with one attached hydrogen (secondary N) is 2. The van der Waals surface area contributed by atoms with Gasteiger partial charge in [-0.05, 0) is 63.9 Å². The maximum Gasteiger partial charge on any atom is 0.276 e. The van der Waals surface area contributed by atoms with Crippen molar-refractivity contribution in [3.63, 3.8) is 0 Å². The van der Waals surface area contributed by atoms with Crippen molar-refractivity contribution in [3.8, 4) is 11.6 Å². The lowest BCUT2D eigenvalue weighted by Gasteiger charge is -2.23. The van der Waals surface area contributed by atoms with E-state index in [0.717, 1.165) is 12.1 Å². The van der Waals surface area contributed by atoms with E-state index in [0.29, 0.717) is 11.3 Å². The first kappa shape index (κ1) is 28.7. The number of hydrogen-bond donors (Lipinski definition) is 2. The van der Waals surface area contributed by atoms with Gasteiger partial charge in [0, 0.05) is 29.9 Å². The minimum Gasteiger partial charge on any atom is -0.438 e. The van der Waals surface area contributed by atoms with E-state index in [1.807, 2.05) is 34.6 Å². The Balaban J connectivity index is 2.09. The lowest BCUT2D eigenvalue weighted by Crippen LogP contribution is -2.28. The van der Waals surface area contributed by atoms with Gasteiger partial charge in [0.25, 0.3) is 11.6 Å². The smallest absolute Gasteiger partial charge is 0.276 e. The first-order valence-corrected chi connectivity index (χ1v) is 13.2. The summed E-state index contributed by atoms with van der Waals surface area (Å²) in [5.74, 6) is -1.15. The van der Waals surface area contributed by atoms with Crippen LogP contribution >= 0.6 is 0 Å². The highest BCUT2D eigenvalue weighted by Gasteiger charge is 2.30. The van der Waals surface area contributed by atoms with Crippen LogP contribution in [0.2, 0.25) is 0 Å². The van der Waals surface area contributed by atoms with Crippen LogP contribution in [-0.4, -0.2) is 35.6 Å². The predicted octanol–water partition coefficient (Wildman–Crippen LogP) is 4.97. The molecule has 0 aliphatic rings. The molecule has 0 unspecified atom stereocenters. The summed E-state index contributed by atoms with van der Waals surface area (Å²) in [6.07, 6.45) is 0. The Bertz CT molecular complexity index is 1460. The number of sulfonamides is 1. The number of carbonyl (C=O) groups is 1. The maximum atomic E-state index is 13.2. The Labute approximate surface area is 220 Å².